The molecule has 1 fully saturated rings. The Bertz CT molecular complexity index is 363. The molecule has 2 nitrogen and oxygen atoms in total. The summed E-state index contributed by atoms with van der Waals surface area (Å²) >= 11 is 0. The molecule has 0 aliphatic carbocycles. The fourth-order valence-electron chi connectivity index (χ4n) is 3.35. The lowest BCUT2D eigenvalue weighted by atomic mass is 9.91. The standard InChI is InChI=1S/C17H28N2/c1-3-7-14(2)19-11-10-16(18)13-17(19)12-15-8-5-4-6-9-15/h4-6,8-9,14,16-17H,3,7,10-13,18H2,1-2H3. The molecule has 0 radical (unpaired) electrons. The summed E-state index contributed by atoms with van der Waals surface area (Å²) < 4.78 is 0. The number of hydrogen-bond acceptors (Lipinski definition) is 2. The highest BCUT2D eigenvalue weighted by molar-refractivity contribution is 5.16. The van der Waals surface area contributed by atoms with E-state index in [1.54, 1.807) is 0 Å². The van der Waals surface area contributed by atoms with Gasteiger partial charge in [-0.25, -0.2) is 0 Å². The zero-order valence-electron chi connectivity index (χ0n) is 12.4. The van der Waals surface area contributed by atoms with E-state index in [1.165, 1.54) is 24.9 Å². The first kappa shape index (κ1) is 14.5. The predicted molar refractivity (Wildman–Crippen MR) is 82.2 cm³/mol. The smallest absolute Gasteiger partial charge is 0.0153 e. The molecule has 1 aliphatic heterocycles. The van der Waals surface area contributed by atoms with E-state index >= 15 is 0 Å². The number of hydrogen-bond donors (Lipinski definition) is 1. The maximum atomic E-state index is 6.19. The Labute approximate surface area is 118 Å². The molecule has 2 rings (SSSR count). The van der Waals surface area contributed by atoms with Gasteiger partial charge in [-0.05, 0) is 38.2 Å². The Morgan fingerprint density at radius 1 is 1.32 bits per heavy atom. The average molecular weight is 260 g/mol. The number of piperidine rings is 1. The molecule has 19 heavy (non-hydrogen) atoms. The van der Waals surface area contributed by atoms with E-state index in [0.717, 1.165) is 19.3 Å². The minimum Gasteiger partial charge on any atom is -0.328 e. The normalized spacial score (nSPS) is 26.3. The van der Waals surface area contributed by atoms with Gasteiger partial charge in [0.2, 0.25) is 0 Å². The van der Waals surface area contributed by atoms with Crippen LogP contribution in [0.1, 0.15) is 45.1 Å². The van der Waals surface area contributed by atoms with Gasteiger partial charge in [0.15, 0.2) is 0 Å². The van der Waals surface area contributed by atoms with E-state index in [9.17, 15) is 0 Å². The molecule has 1 aromatic carbocycles. The molecule has 0 aromatic heterocycles. The maximum absolute atomic E-state index is 6.19. The van der Waals surface area contributed by atoms with Gasteiger partial charge in [-0.1, -0.05) is 43.7 Å². The van der Waals surface area contributed by atoms with Crippen molar-refractivity contribution in [2.24, 2.45) is 5.73 Å². The monoisotopic (exact) mass is 260 g/mol. The lowest BCUT2D eigenvalue weighted by Gasteiger charge is -2.42. The van der Waals surface area contributed by atoms with Gasteiger partial charge in [-0.2, -0.15) is 0 Å². The topological polar surface area (TPSA) is 29.3 Å². The number of likely N-dealkylation sites (tertiary alicyclic amines) is 1. The minimum absolute atomic E-state index is 0.388. The largest absolute Gasteiger partial charge is 0.328 e. The van der Waals surface area contributed by atoms with Crippen molar-refractivity contribution in [1.29, 1.82) is 0 Å². The second kappa shape index (κ2) is 7.06. The highest BCUT2D eigenvalue weighted by Gasteiger charge is 2.29. The summed E-state index contributed by atoms with van der Waals surface area (Å²) in [6, 6.07) is 12.5. The lowest BCUT2D eigenvalue weighted by molar-refractivity contribution is 0.0884. The summed E-state index contributed by atoms with van der Waals surface area (Å²) in [5.41, 5.74) is 7.63. The van der Waals surface area contributed by atoms with Gasteiger partial charge in [-0.3, -0.25) is 4.90 Å². The Morgan fingerprint density at radius 3 is 2.74 bits per heavy atom. The van der Waals surface area contributed by atoms with Crippen LogP contribution in [0.15, 0.2) is 30.3 Å². The summed E-state index contributed by atoms with van der Waals surface area (Å²) in [6.45, 7) is 5.82. The zero-order chi connectivity index (χ0) is 13.7. The van der Waals surface area contributed by atoms with E-state index in [2.05, 4.69) is 49.1 Å². The summed E-state index contributed by atoms with van der Waals surface area (Å²) in [5, 5.41) is 0. The lowest BCUT2D eigenvalue weighted by Crippen LogP contribution is -2.51. The van der Waals surface area contributed by atoms with Crippen LogP contribution in [0.25, 0.3) is 0 Å². The fourth-order valence-corrected chi connectivity index (χ4v) is 3.35. The molecule has 1 aliphatic rings. The van der Waals surface area contributed by atoms with Crippen molar-refractivity contribution < 1.29 is 0 Å². The van der Waals surface area contributed by atoms with Crippen LogP contribution in [0.4, 0.5) is 0 Å². The van der Waals surface area contributed by atoms with Crippen LogP contribution >= 0.6 is 0 Å². The van der Waals surface area contributed by atoms with Crippen molar-refractivity contribution in [3.63, 3.8) is 0 Å². The molecule has 1 saturated heterocycles. The second-order valence-corrected chi connectivity index (χ2v) is 6.00. The van der Waals surface area contributed by atoms with Crippen molar-refractivity contribution in [3.8, 4) is 0 Å². The Hall–Kier alpha value is -0.860. The minimum atomic E-state index is 0.388. The third-order valence-corrected chi connectivity index (χ3v) is 4.39. The Balaban J connectivity index is 2.04. The number of nitrogens with zero attached hydrogens (tertiary/aromatic N) is 1. The van der Waals surface area contributed by atoms with E-state index in [4.69, 9.17) is 5.73 Å². The fraction of sp³-hybridized carbons (Fsp3) is 0.647. The van der Waals surface area contributed by atoms with E-state index in [1.807, 2.05) is 0 Å². The van der Waals surface area contributed by atoms with Crippen LogP contribution in [0.3, 0.4) is 0 Å². The molecule has 0 bridgehead atoms. The number of benzene rings is 1. The van der Waals surface area contributed by atoms with Crippen LogP contribution in [0.5, 0.6) is 0 Å². The Kier molecular flexibility index (Phi) is 5.41. The van der Waals surface area contributed by atoms with Crippen molar-refractivity contribution in [1.82, 2.24) is 4.90 Å². The van der Waals surface area contributed by atoms with Gasteiger partial charge in [0, 0.05) is 24.7 Å². The van der Waals surface area contributed by atoms with E-state index in [-0.39, 0.29) is 0 Å². The van der Waals surface area contributed by atoms with E-state index in [0.29, 0.717) is 18.1 Å². The predicted octanol–water partition coefficient (Wildman–Crippen LogP) is 3.21. The first-order valence-corrected chi connectivity index (χ1v) is 7.76. The molecule has 0 saturated carbocycles. The molecule has 2 heteroatoms. The van der Waals surface area contributed by atoms with Gasteiger partial charge in [0.1, 0.15) is 0 Å². The van der Waals surface area contributed by atoms with Gasteiger partial charge in [-0.15, -0.1) is 0 Å². The van der Waals surface area contributed by atoms with Gasteiger partial charge < -0.3 is 5.73 Å². The average Bonchev–Trinajstić information content (AvgIpc) is 2.40. The summed E-state index contributed by atoms with van der Waals surface area (Å²) in [5.74, 6) is 0. The zero-order valence-corrected chi connectivity index (χ0v) is 12.4. The van der Waals surface area contributed by atoms with Gasteiger partial charge in [0.05, 0.1) is 0 Å². The third kappa shape index (κ3) is 4.05. The van der Waals surface area contributed by atoms with Gasteiger partial charge >= 0.3 is 0 Å². The summed E-state index contributed by atoms with van der Waals surface area (Å²) in [4.78, 5) is 2.69. The van der Waals surface area contributed by atoms with Gasteiger partial charge in [0.25, 0.3) is 0 Å². The third-order valence-electron chi connectivity index (χ3n) is 4.39. The maximum Gasteiger partial charge on any atom is 0.0153 e. The SMILES string of the molecule is CCCC(C)N1CCC(N)CC1Cc1ccccc1. The van der Waals surface area contributed by atoms with Crippen LogP contribution in [-0.4, -0.2) is 29.6 Å². The van der Waals surface area contributed by atoms with Crippen LogP contribution in [-0.2, 0) is 6.42 Å². The van der Waals surface area contributed by atoms with Crippen molar-refractivity contribution in [2.75, 3.05) is 6.54 Å². The molecular weight excluding hydrogens is 232 g/mol. The molecule has 0 amide bonds. The highest BCUT2D eigenvalue weighted by atomic mass is 15.2. The van der Waals surface area contributed by atoms with Crippen LogP contribution in [0, 0.1) is 0 Å². The number of nitrogens with two attached hydrogens (primary N) is 1. The van der Waals surface area contributed by atoms with Crippen molar-refractivity contribution >= 4 is 0 Å². The Morgan fingerprint density at radius 2 is 2.05 bits per heavy atom. The molecule has 3 atom stereocenters. The van der Waals surface area contributed by atoms with Crippen molar-refractivity contribution in [2.45, 2.75) is 64.1 Å². The molecule has 1 heterocycles. The highest BCUT2D eigenvalue weighted by Crippen LogP contribution is 2.24. The molecule has 2 N–H and O–H groups in total. The molecule has 1 aromatic rings. The number of rotatable bonds is 5. The van der Waals surface area contributed by atoms with Crippen LogP contribution in [0.2, 0.25) is 0 Å². The first-order valence-electron chi connectivity index (χ1n) is 7.76. The summed E-state index contributed by atoms with van der Waals surface area (Å²) in [6.07, 6.45) is 5.99. The molecule has 0 spiro atoms. The van der Waals surface area contributed by atoms with E-state index < -0.39 is 0 Å². The van der Waals surface area contributed by atoms with Crippen molar-refractivity contribution in [3.05, 3.63) is 35.9 Å². The molecular formula is C17H28N2. The quantitative estimate of drug-likeness (QED) is 0.881. The van der Waals surface area contributed by atoms with Crippen LogP contribution < -0.4 is 5.73 Å². The first-order chi connectivity index (χ1) is 9.20. The molecule has 106 valence electrons. The molecule has 3 unspecified atom stereocenters. The second-order valence-electron chi connectivity index (χ2n) is 6.00. The summed E-state index contributed by atoms with van der Waals surface area (Å²) in [7, 11) is 0.